The van der Waals surface area contributed by atoms with E-state index in [9.17, 15) is 17.6 Å². The van der Waals surface area contributed by atoms with E-state index >= 15 is 0 Å². The van der Waals surface area contributed by atoms with Crippen molar-refractivity contribution in [3.05, 3.63) is 57.9 Å². The molecule has 1 aliphatic heterocycles. The van der Waals surface area contributed by atoms with Gasteiger partial charge in [-0.1, -0.05) is 11.6 Å². The van der Waals surface area contributed by atoms with Crippen molar-refractivity contribution in [1.29, 1.82) is 0 Å². The van der Waals surface area contributed by atoms with E-state index < -0.39 is 21.7 Å². The predicted molar refractivity (Wildman–Crippen MR) is 139 cm³/mol. The molecule has 5 rings (SSSR count). The fourth-order valence-electron chi connectivity index (χ4n) is 4.74. The van der Waals surface area contributed by atoms with Gasteiger partial charge in [-0.15, -0.1) is 0 Å². The second kappa shape index (κ2) is 10.8. The van der Waals surface area contributed by atoms with Gasteiger partial charge in [0, 0.05) is 17.6 Å². The summed E-state index contributed by atoms with van der Waals surface area (Å²) in [5.74, 6) is 0.0716. The Bertz CT molecular complexity index is 1270. The zero-order valence-electron chi connectivity index (χ0n) is 20.8. The molecule has 3 fully saturated rings. The number of rotatable bonds is 10. The number of ether oxygens (including phenoxy) is 2. The van der Waals surface area contributed by atoms with E-state index in [4.69, 9.17) is 21.1 Å². The van der Waals surface area contributed by atoms with Gasteiger partial charge >= 0.3 is 0 Å². The highest BCUT2D eigenvalue weighted by molar-refractivity contribution is 7.89. The first kappa shape index (κ1) is 26.3. The standard InChI is InChI=1S/C27H32ClFN2O5S/c1-37(33,34)30-27(32)24-13-23(19-2-3-19)26(14-25(24)29)35-16-17-6-8-31(9-7-17)15-18-10-20(28)12-22(11-18)36-21-4-5-21/h10-14,17,19,21H,2-9,15-16H2,1H3,(H,30,32). The maximum Gasteiger partial charge on any atom is 0.267 e. The predicted octanol–water partition coefficient (Wildman–Crippen LogP) is 4.88. The SMILES string of the molecule is CS(=O)(=O)NC(=O)c1cc(C2CC2)c(OCC2CCN(Cc3cc(Cl)cc(OC4CC4)c3)CC2)cc1F. The third-order valence-electron chi connectivity index (χ3n) is 6.99. The van der Waals surface area contributed by atoms with Crippen LogP contribution in [0, 0.1) is 11.7 Å². The number of likely N-dealkylation sites (tertiary alicyclic amines) is 1. The number of piperidine rings is 1. The molecule has 2 saturated carbocycles. The molecular formula is C27H32ClFN2O5S. The Balaban J connectivity index is 1.16. The average molecular weight is 551 g/mol. The lowest BCUT2D eigenvalue weighted by atomic mass is 9.97. The van der Waals surface area contributed by atoms with E-state index in [-0.39, 0.29) is 11.5 Å². The Hall–Kier alpha value is -2.36. The largest absolute Gasteiger partial charge is 0.493 e. The molecule has 3 aliphatic rings. The van der Waals surface area contributed by atoms with Crippen molar-refractivity contribution in [2.45, 2.75) is 57.1 Å². The molecule has 0 aromatic heterocycles. The molecule has 1 heterocycles. The fourth-order valence-corrected chi connectivity index (χ4v) is 5.44. The first-order valence-electron chi connectivity index (χ1n) is 12.8. The lowest BCUT2D eigenvalue weighted by Crippen LogP contribution is -2.35. The van der Waals surface area contributed by atoms with Gasteiger partial charge in [-0.05, 0) is 98.8 Å². The molecule has 2 aromatic carbocycles. The lowest BCUT2D eigenvalue weighted by molar-refractivity contribution is 0.0977. The summed E-state index contributed by atoms with van der Waals surface area (Å²) in [4.78, 5) is 14.6. The minimum absolute atomic E-state index is 0.203. The van der Waals surface area contributed by atoms with Crippen molar-refractivity contribution in [3.63, 3.8) is 0 Å². The topological polar surface area (TPSA) is 84.9 Å². The summed E-state index contributed by atoms with van der Waals surface area (Å²) < 4.78 is 51.4. The molecule has 7 nitrogen and oxygen atoms in total. The van der Waals surface area contributed by atoms with Crippen LogP contribution < -0.4 is 14.2 Å². The first-order valence-corrected chi connectivity index (χ1v) is 15.1. The molecule has 1 saturated heterocycles. The van der Waals surface area contributed by atoms with Gasteiger partial charge in [0.05, 0.1) is 24.5 Å². The molecule has 2 aromatic rings. The van der Waals surface area contributed by atoms with Crippen LogP contribution in [0.15, 0.2) is 30.3 Å². The molecular weight excluding hydrogens is 519 g/mol. The van der Waals surface area contributed by atoms with Crippen molar-refractivity contribution in [3.8, 4) is 11.5 Å². The molecule has 37 heavy (non-hydrogen) atoms. The minimum Gasteiger partial charge on any atom is -0.493 e. The van der Waals surface area contributed by atoms with Crippen molar-refractivity contribution < 1.29 is 27.1 Å². The molecule has 0 bridgehead atoms. The summed E-state index contributed by atoms with van der Waals surface area (Å²) in [5, 5.41) is 0.690. The van der Waals surface area contributed by atoms with Crippen LogP contribution in [-0.4, -0.2) is 51.3 Å². The molecule has 2 aliphatic carbocycles. The Morgan fingerprint density at radius 2 is 1.81 bits per heavy atom. The van der Waals surface area contributed by atoms with Crippen molar-refractivity contribution in [1.82, 2.24) is 9.62 Å². The molecule has 1 amide bonds. The van der Waals surface area contributed by atoms with Crippen LogP contribution >= 0.6 is 11.6 Å². The zero-order valence-corrected chi connectivity index (χ0v) is 22.4. The van der Waals surface area contributed by atoms with E-state index in [1.165, 1.54) is 12.1 Å². The third-order valence-corrected chi connectivity index (χ3v) is 7.76. The monoisotopic (exact) mass is 550 g/mol. The smallest absolute Gasteiger partial charge is 0.267 e. The van der Waals surface area contributed by atoms with E-state index in [2.05, 4.69) is 11.0 Å². The van der Waals surface area contributed by atoms with Gasteiger partial charge in [0.2, 0.25) is 10.0 Å². The molecule has 0 spiro atoms. The number of carbonyl (C=O) groups excluding carboxylic acids is 1. The Morgan fingerprint density at radius 3 is 2.46 bits per heavy atom. The van der Waals surface area contributed by atoms with Crippen LogP contribution in [0.5, 0.6) is 11.5 Å². The second-order valence-electron chi connectivity index (χ2n) is 10.5. The lowest BCUT2D eigenvalue weighted by Gasteiger charge is -2.32. The summed E-state index contributed by atoms with van der Waals surface area (Å²) in [6, 6.07) is 8.60. The van der Waals surface area contributed by atoms with Gasteiger partial charge in [-0.25, -0.2) is 17.5 Å². The summed E-state index contributed by atoms with van der Waals surface area (Å²) >= 11 is 6.31. The van der Waals surface area contributed by atoms with Crippen LogP contribution in [0.3, 0.4) is 0 Å². The number of nitrogens with one attached hydrogen (secondary N) is 1. The van der Waals surface area contributed by atoms with Crippen LogP contribution in [0.4, 0.5) is 4.39 Å². The van der Waals surface area contributed by atoms with Crippen molar-refractivity contribution >= 4 is 27.5 Å². The van der Waals surface area contributed by atoms with E-state index in [1.807, 2.05) is 16.9 Å². The van der Waals surface area contributed by atoms with E-state index in [0.717, 1.165) is 81.3 Å². The zero-order chi connectivity index (χ0) is 26.2. The second-order valence-corrected chi connectivity index (χ2v) is 12.7. The summed E-state index contributed by atoms with van der Waals surface area (Å²) in [5.41, 5.74) is 1.63. The van der Waals surface area contributed by atoms with Gasteiger partial charge in [0.15, 0.2) is 0 Å². The maximum atomic E-state index is 14.7. The Kier molecular flexibility index (Phi) is 7.65. The van der Waals surface area contributed by atoms with Gasteiger partial charge in [-0.3, -0.25) is 9.69 Å². The number of hydrogen-bond donors (Lipinski definition) is 1. The number of nitrogens with zero attached hydrogens (tertiary/aromatic N) is 1. The number of amides is 1. The first-order chi connectivity index (χ1) is 17.6. The van der Waals surface area contributed by atoms with Crippen molar-refractivity contribution in [2.24, 2.45) is 5.92 Å². The van der Waals surface area contributed by atoms with Gasteiger partial charge in [0.1, 0.15) is 17.3 Å². The molecule has 0 unspecified atom stereocenters. The van der Waals surface area contributed by atoms with Crippen LogP contribution in [0.2, 0.25) is 5.02 Å². The van der Waals surface area contributed by atoms with E-state index in [0.29, 0.717) is 29.4 Å². The van der Waals surface area contributed by atoms with Crippen LogP contribution in [0.1, 0.15) is 65.9 Å². The van der Waals surface area contributed by atoms with E-state index in [1.54, 1.807) is 0 Å². The molecule has 0 radical (unpaired) electrons. The highest BCUT2D eigenvalue weighted by atomic mass is 35.5. The summed E-state index contributed by atoms with van der Waals surface area (Å²) in [6.07, 6.45) is 7.20. The number of carbonyl (C=O) groups is 1. The highest BCUT2D eigenvalue weighted by Crippen LogP contribution is 2.45. The van der Waals surface area contributed by atoms with Gasteiger partial charge < -0.3 is 9.47 Å². The number of benzene rings is 2. The third kappa shape index (κ3) is 7.36. The molecule has 1 N–H and O–H groups in total. The van der Waals surface area contributed by atoms with Gasteiger partial charge in [0.25, 0.3) is 5.91 Å². The molecule has 0 atom stereocenters. The normalized spacial score (nSPS) is 19.0. The number of halogens is 2. The summed E-state index contributed by atoms with van der Waals surface area (Å²) in [6.45, 7) is 3.13. The highest BCUT2D eigenvalue weighted by Gasteiger charge is 2.30. The van der Waals surface area contributed by atoms with Crippen molar-refractivity contribution in [2.75, 3.05) is 26.0 Å². The van der Waals surface area contributed by atoms with Gasteiger partial charge in [-0.2, -0.15) is 0 Å². The van der Waals surface area contributed by atoms with Crippen LogP contribution in [-0.2, 0) is 16.6 Å². The number of sulfonamides is 1. The van der Waals surface area contributed by atoms with Crippen LogP contribution in [0.25, 0.3) is 0 Å². The maximum absolute atomic E-state index is 14.7. The fraction of sp³-hybridized carbons (Fsp3) is 0.519. The average Bonchev–Trinajstić information content (AvgIpc) is 3.72. The Labute approximate surface area is 222 Å². The molecule has 10 heteroatoms. The summed E-state index contributed by atoms with van der Waals surface area (Å²) in [7, 11) is -3.79. The Morgan fingerprint density at radius 1 is 1.08 bits per heavy atom. The number of hydrogen-bond acceptors (Lipinski definition) is 6. The molecule has 200 valence electrons. The minimum atomic E-state index is -3.79. The quantitative estimate of drug-likeness (QED) is 0.454.